The van der Waals surface area contributed by atoms with Crippen LogP contribution in [-0.2, 0) is 0 Å². The molecule has 0 saturated carbocycles. The molecule has 2 aromatic heterocycles. The second-order valence-electron chi connectivity index (χ2n) is 6.75. The van der Waals surface area contributed by atoms with Crippen LogP contribution in [0.4, 0.5) is 4.39 Å². The molecule has 1 aromatic carbocycles. The van der Waals surface area contributed by atoms with Gasteiger partial charge < -0.3 is 10.6 Å². The van der Waals surface area contributed by atoms with Crippen molar-refractivity contribution in [2.24, 2.45) is 0 Å². The van der Waals surface area contributed by atoms with Gasteiger partial charge in [-0.25, -0.2) is 9.07 Å². The van der Waals surface area contributed by atoms with Crippen molar-refractivity contribution in [2.75, 3.05) is 0 Å². The largest absolute Gasteiger partial charge is 0.376 e. The van der Waals surface area contributed by atoms with Crippen LogP contribution >= 0.6 is 12.2 Å². The van der Waals surface area contributed by atoms with Crippen LogP contribution in [0.15, 0.2) is 42.9 Å². The third-order valence-corrected chi connectivity index (χ3v) is 4.68. The predicted octanol–water partition coefficient (Wildman–Crippen LogP) is 3.39. The molecule has 0 aliphatic heterocycles. The summed E-state index contributed by atoms with van der Waals surface area (Å²) >= 11 is 5.41. The summed E-state index contributed by atoms with van der Waals surface area (Å²) in [5, 5.41) is 11.1. The minimum Gasteiger partial charge on any atom is -0.376 e. The number of aromatic nitrogens is 3. The molecule has 28 heavy (non-hydrogen) atoms. The molecule has 0 saturated heterocycles. The Morgan fingerprint density at radius 3 is 2.54 bits per heavy atom. The molecular formula is C20H22FN5OS. The molecule has 0 bridgehead atoms. The lowest BCUT2D eigenvalue weighted by Gasteiger charge is -2.21. The van der Waals surface area contributed by atoms with Crippen LogP contribution in [0, 0.1) is 5.82 Å². The quantitative estimate of drug-likeness (QED) is 0.622. The van der Waals surface area contributed by atoms with E-state index in [-0.39, 0.29) is 23.8 Å². The summed E-state index contributed by atoms with van der Waals surface area (Å²) in [6.45, 7) is 5.95. The molecule has 2 N–H and O–H groups in total. The standard InChI is InChI=1S/C20H22FN5OS/c1-4-17(20(28)24-12(2)3)25-19(27)16-9-22-11-18-15(16)10-23-26(18)14-7-5-13(21)6-8-14/h5-12,17H,4H2,1-3H3,(H,24,28)(H,25,27). The normalized spacial score (nSPS) is 12.2. The SMILES string of the molecule is CCC(NC(=O)c1cncc2c1cnn2-c1ccc(F)cc1)C(=S)NC(C)C. The number of fused-ring (bicyclic) bond motifs is 1. The van der Waals surface area contributed by atoms with Crippen molar-refractivity contribution >= 4 is 34.0 Å². The van der Waals surface area contributed by atoms with Gasteiger partial charge in [0.2, 0.25) is 0 Å². The van der Waals surface area contributed by atoms with E-state index in [9.17, 15) is 9.18 Å². The van der Waals surface area contributed by atoms with Crippen molar-refractivity contribution in [1.82, 2.24) is 25.4 Å². The van der Waals surface area contributed by atoms with Gasteiger partial charge in [0, 0.05) is 17.6 Å². The molecule has 1 unspecified atom stereocenters. The Bertz CT molecular complexity index is 1000. The molecule has 8 heteroatoms. The number of benzene rings is 1. The number of nitrogens with zero attached hydrogens (tertiary/aromatic N) is 3. The molecule has 3 rings (SSSR count). The monoisotopic (exact) mass is 399 g/mol. The lowest BCUT2D eigenvalue weighted by molar-refractivity contribution is 0.0947. The molecule has 1 atom stereocenters. The smallest absolute Gasteiger partial charge is 0.254 e. The fourth-order valence-electron chi connectivity index (χ4n) is 2.88. The molecule has 0 radical (unpaired) electrons. The zero-order valence-electron chi connectivity index (χ0n) is 15.9. The average Bonchev–Trinajstić information content (AvgIpc) is 3.10. The van der Waals surface area contributed by atoms with E-state index in [1.165, 1.54) is 18.3 Å². The highest BCUT2D eigenvalue weighted by molar-refractivity contribution is 7.80. The van der Waals surface area contributed by atoms with E-state index in [0.29, 0.717) is 33.6 Å². The van der Waals surface area contributed by atoms with Crippen molar-refractivity contribution in [2.45, 2.75) is 39.3 Å². The van der Waals surface area contributed by atoms with Gasteiger partial charge in [-0.2, -0.15) is 5.10 Å². The second-order valence-corrected chi connectivity index (χ2v) is 7.19. The van der Waals surface area contributed by atoms with Gasteiger partial charge in [0.15, 0.2) is 0 Å². The van der Waals surface area contributed by atoms with Crippen molar-refractivity contribution in [1.29, 1.82) is 0 Å². The summed E-state index contributed by atoms with van der Waals surface area (Å²) in [6, 6.07) is 5.89. The molecule has 1 amide bonds. The zero-order chi connectivity index (χ0) is 20.3. The van der Waals surface area contributed by atoms with E-state index >= 15 is 0 Å². The summed E-state index contributed by atoms with van der Waals surface area (Å²) in [5.41, 5.74) is 1.76. The summed E-state index contributed by atoms with van der Waals surface area (Å²) in [5.74, 6) is -0.591. The molecule has 0 aliphatic rings. The molecule has 0 aliphatic carbocycles. The Morgan fingerprint density at radius 2 is 1.89 bits per heavy atom. The van der Waals surface area contributed by atoms with Crippen LogP contribution in [0.5, 0.6) is 0 Å². The van der Waals surface area contributed by atoms with E-state index in [1.54, 1.807) is 29.2 Å². The summed E-state index contributed by atoms with van der Waals surface area (Å²) < 4.78 is 14.8. The summed E-state index contributed by atoms with van der Waals surface area (Å²) in [4.78, 5) is 17.7. The summed E-state index contributed by atoms with van der Waals surface area (Å²) in [7, 11) is 0. The Hall–Kier alpha value is -2.87. The maximum absolute atomic E-state index is 13.2. The average molecular weight is 399 g/mol. The van der Waals surface area contributed by atoms with Crippen molar-refractivity contribution in [3.05, 3.63) is 54.2 Å². The first-order valence-corrected chi connectivity index (χ1v) is 9.50. The number of halogens is 1. The first-order chi connectivity index (χ1) is 13.4. The van der Waals surface area contributed by atoms with Crippen LogP contribution in [0.25, 0.3) is 16.6 Å². The van der Waals surface area contributed by atoms with E-state index in [0.717, 1.165) is 0 Å². The first kappa shape index (κ1) is 19.9. The Morgan fingerprint density at radius 1 is 1.18 bits per heavy atom. The van der Waals surface area contributed by atoms with Crippen LogP contribution in [0.3, 0.4) is 0 Å². The van der Waals surface area contributed by atoms with Crippen molar-refractivity contribution in [3.63, 3.8) is 0 Å². The molecule has 6 nitrogen and oxygen atoms in total. The minimum atomic E-state index is -0.324. The Labute approximate surface area is 168 Å². The van der Waals surface area contributed by atoms with Gasteiger partial charge in [0.25, 0.3) is 5.91 Å². The van der Waals surface area contributed by atoms with Crippen LogP contribution in [-0.4, -0.2) is 37.7 Å². The third kappa shape index (κ3) is 4.17. The molecule has 0 spiro atoms. The number of hydrogen-bond donors (Lipinski definition) is 2. The molecule has 3 aromatic rings. The number of nitrogens with one attached hydrogen (secondary N) is 2. The third-order valence-electron chi connectivity index (χ3n) is 4.27. The zero-order valence-corrected chi connectivity index (χ0v) is 16.8. The number of amides is 1. The van der Waals surface area contributed by atoms with E-state index < -0.39 is 0 Å². The highest BCUT2D eigenvalue weighted by Crippen LogP contribution is 2.21. The van der Waals surface area contributed by atoms with Gasteiger partial charge in [-0.05, 0) is 44.5 Å². The number of thiocarbonyl (C=S) groups is 1. The van der Waals surface area contributed by atoms with Gasteiger partial charge in [-0.15, -0.1) is 0 Å². The number of carbonyl (C=O) groups is 1. The molecule has 0 fully saturated rings. The van der Waals surface area contributed by atoms with E-state index in [2.05, 4.69) is 20.7 Å². The maximum atomic E-state index is 13.2. The van der Waals surface area contributed by atoms with E-state index in [1.807, 2.05) is 20.8 Å². The van der Waals surface area contributed by atoms with Gasteiger partial charge in [0.1, 0.15) is 5.82 Å². The molecular weight excluding hydrogens is 377 g/mol. The highest BCUT2D eigenvalue weighted by Gasteiger charge is 2.20. The van der Waals surface area contributed by atoms with Crippen LogP contribution in [0.2, 0.25) is 0 Å². The number of carbonyl (C=O) groups excluding carboxylic acids is 1. The molecule has 2 heterocycles. The minimum absolute atomic E-state index is 0.192. The van der Waals surface area contributed by atoms with Crippen LogP contribution in [0.1, 0.15) is 37.6 Å². The van der Waals surface area contributed by atoms with Gasteiger partial charge in [-0.1, -0.05) is 19.1 Å². The van der Waals surface area contributed by atoms with Crippen LogP contribution < -0.4 is 10.6 Å². The molecule has 146 valence electrons. The second kappa shape index (κ2) is 8.43. The van der Waals surface area contributed by atoms with Crippen molar-refractivity contribution in [3.8, 4) is 5.69 Å². The van der Waals surface area contributed by atoms with Crippen molar-refractivity contribution < 1.29 is 9.18 Å². The number of rotatable bonds is 6. The number of pyridine rings is 1. The number of hydrogen-bond acceptors (Lipinski definition) is 4. The first-order valence-electron chi connectivity index (χ1n) is 9.09. The topological polar surface area (TPSA) is 71.8 Å². The predicted molar refractivity (Wildman–Crippen MR) is 111 cm³/mol. The van der Waals surface area contributed by atoms with Gasteiger partial charge >= 0.3 is 0 Å². The summed E-state index contributed by atoms with van der Waals surface area (Å²) in [6.07, 6.45) is 5.42. The lowest BCUT2D eigenvalue weighted by Crippen LogP contribution is -2.47. The van der Waals surface area contributed by atoms with Gasteiger partial charge in [0.05, 0.1) is 40.2 Å². The Kier molecular flexibility index (Phi) is 5.99. The lowest BCUT2D eigenvalue weighted by atomic mass is 10.1. The van der Waals surface area contributed by atoms with Gasteiger partial charge in [-0.3, -0.25) is 9.78 Å². The fraction of sp³-hybridized carbons (Fsp3) is 0.300. The maximum Gasteiger partial charge on any atom is 0.254 e. The Balaban J connectivity index is 1.90. The highest BCUT2D eigenvalue weighted by atomic mass is 32.1. The fourth-order valence-corrected chi connectivity index (χ4v) is 3.35. The van der Waals surface area contributed by atoms with E-state index in [4.69, 9.17) is 12.2 Å².